The van der Waals surface area contributed by atoms with Gasteiger partial charge in [0.15, 0.2) is 5.65 Å². The zero-order valence-electron chi connectivity index (χ0n) is 19.2. The number of carboxylic acid groups (broad SMARTS) is 1. The van der Waals surface area contributed by atoms with Crippen LogP contribution in [0.15, 0.2) is 23.1 Å². The normalized spacial score (nSPS) is 16.8. The Hall–Kier alpha value is -2.72. The molecule has 0 aromatic carbocycles. The number of hydrogen-bond acceptors (Lipinski definition) is 7. The summed E-state index contributed by atoms with van der Waals surface area (Å²) in [5, 5.41) is 20.2. The van der Waals surface area contributed by atoms with Gasteiger partial charge in [-0.3, -0.25) is 9.36 Å². The molecule has 0 bridgehead atoms. The molecule has 3 heterocycles. The van der Waals surface area contributed by atoms with E-state index < -0.39 is 17.7 Å². The van der Waals surface area contributed by atoms with Crippen LogP contribution in [0.3, 0.4) is 0 Å². The van der Waals surface area contributed by atoms with Gasteiger partial charge in [0.05, 0.1) is 19.4 Å². The number of aliphatic hydroxyl groups is 1. The predicted molar refractivity (Wildman–Crippen MR) is 120 cm³/mol. The van der Waals surface area contributed by atoms with Crippen LogP contribution in [-0.4, -0.2) is 85.1 Å². The Morgan fingerprint density at radius 2 is 2.00 bits per heavy atom. The third-order valence-corrected chi connectivity index (χ3v) is 5.88. The van der Waals surface area contributed by atoms with Crippen molar-refractivity contribution in [3.8, 4) is 5.88 Å². The summed E-state index contributed by atoms with van der Waals surface area (Å²) in [5.41, 5.74) is 0.365. The van der Waals surface area contributed by atoms with E-state index in [9.17, 15) is 19.8 Å². The minimum absolute atomic E-state index is 0.0243. The lowest BCUT2D eigenvalue weighted by molar-refractivity contribution is 0.0292. The first-order valence-electron chi connectivity index (χ1n) is 10.9. The molecule has 0 unspecified atom stereocenters. The SMILES string of the molecule is COc1cnc2ccc(=O)n(CC[C@H](O)CN3CCC(N(C(=O)O)C(C)(C)C)CC3)c2n1. The number of rotatable bonds is 7. The summed E-state index contributed by atoms with van der Waals surface area (Å²) in [6, 6.07) is 3.05. The summed E-state index contributed by atoms with van der Waals surface area (Å²) >= 11 is 0. The van der Waals surface area contributed by atoms with Crippen molar-refractivity contribution in [3.63, 3.8) is 0 Å². The van der Waals surface area contributed by atoms with Gasteiger partial charge >= 0.3 is 6.09 Å². The molecule has 1 saturated heterocycles. The number of aliphatic hydroxyl groups excluding tert-OH is 1. The molecule has 2 N–H and O–H groups in total. The molecule has 10 nitrogen and oxygen atoms in total. The number of fused-ring (bicyclic) bond motifs is 1. The zero-order chi connectivity index (χ0) is 23.5. The maximum atomic E-state index is 12.4. The molecule has 1 amide bonds. The lowest BCUT2D eigenvalue weighted by Crippen LogP contribution is -2.55. The summed E-state index contributed by atoms with van der Waals surface area (Å²) in [6.45, 7) is 7.96. The van der Waals surface area contributed by atoms with Crippen LogP contribution < -0.4 is 10.3 Å². The van der Waals surface area contributed by atoms with Crippen molar-refractivity contribution >= 4 is 17.3 Å². The number of nitrogens with zero attached hydrogens (tertiary/aromatic N) is 5. The molecule has 32 heavy (non-hydrogen) atoms. The van der Waals surface area contributed by atoms with Gasteiger partial charge in [0.1, 0.15) is 5.52 Å². The van der Waals surface area contributed by atoms with Crippen molar-refractivity contribution in [2.45, 2.75) is 64.3 Å². The van der Waals surface area contributed by atoms with Crippen molar-refractivity contribution in [1.29, 1.82) is 0 Å². The van der Waals surface area contributed by atoms with Gasteiger partial charge in [-0.2, -0.15) is 4.98 Å². The second kappa shape index (κ2) is 9.83. The number of piperidine rings is 1. The second-order valence-corrected chi connectivity index (χ2v) is 9.24. The highest BCUT2D eigenvalue weighted by molar-refractivity contribution is 5.70. The van der Waals surface area contributed by atoms with E-state index in [0.29, 0.717) is 36.6 Å². The van der Waals surface area contributed by atoms with Crippen molar-refractivity contribution in [3.05, 3.63) is 28.7 Å². The highest BCUT2D eigenvalue weighted by Gasteiger charge is 2.35. The summed E-state index contributed by atoms with van der Waals surface area (Å²) in [5.74, 6) is 0.325. The van der Waals surface area contributed by atoms with Gasteiger partial charge in [0.2, 0.25) is 5.88 Å². The third kappa shape index (κ3) is 5.55. The Kier molecular flexibility index (Phi) is 7.35. The van der Waals surface area contributed by atoms with Crippen LogP contribution in [0, 0.1) is 0 Å². The monoisotopic (exact) mass is 447 g/mol. The number of carbonyl (C=O) groups is 1. The van der Waals surface area contributed by atoms with E-state index in [2.05, 4.69) is 14.9 Å². The van der Waals surface area contributed by atoms with Gasteiger partial charge in [-0.15, -0.1) is 0 Å². The van der Waals surface area contributed by atoms with E-state index >= 15 is 0 Å². The first-order valence-corrected chi connectivity index (χ1v) is 10.9. The minimum Gasteiger partial charge on any atom is -0.480 e. The van der Waals surface area contributed by atoms with Crippen LogP contribution in [0.4, 0.5) is 4.79 Å². The molecule has 3 rings (SSSR count). The van der Waals surface area contributed by atoms with E-state index in [1.54, 1.807) is 11.0 Å². The summed E-state index contributed by atoms with van der Waals surface area (Å²) < 4.78 is 6.63. The predicted octanol–water partition coefficient (Wildman–Crippen LogP) is 1.79. The van der Waals surface area contributed by atoms with Gasteiger partial charge in [0.25, 0.3) is 5.56 Å². The lowest BCUT2D eigenvalue weighted by Gasteiger charge is -2.43. The Morgan fingerprint density at radius 3 is 2.59 bits per heavy atom. The fourth-order valence-corrected chi connectivity index (χ4v) is 4.37. The van der Waals surface area contributed by atoms with Gasteiger partial charge in [-0.05, 0) is 46.1 Å². The topological polar surface area (TPSA) is 121 Å². The average Bonchev–Trinajstić information content (AvgIpc) is 2.72. The third-order valence-electron chi connectivity index (χ3n) is 5.88. The van der Waals surface area contributed by atoms with Crippen molar-refractivity contribution in [2.75, 3.05) is 26.7 Å². The molecule has 0 saturated carbocycles. The maximum Gasteiger partial charge on any atom is 0.407 e. The van der Waals surface area contributed by atoms with E-state index in [4.69, 9.17) is 4.74 Å². The fraction of sp³-hybridized carbons (Fsp3) is 0.636. The number of aryl methyl sites for hydroxylation is 1. The molecule has 1 aliphatic heterocycles. The molecule has 0 aliphatic carbocycles. The highest BCUT2D eigenvalue weighted by atomic mass is 16.5. The molecule has 1 aliphatic rings. The Balaban J connectivity index is 1.58. The van der Waals surface area contributed by atoms with Crippen molar-refractivity contribution in [1.82, 2.24) is 24.3 Å². The molecular weight excluding hydrogens is 414 g/mol. The molecular formula is C22H33N5O5. The quantitative estimate of drug-likeness (QED) is 0.659. The second-order valence-electron chi connectivity index (χ2n) is 9.24. The van der Waals surface area contributed by atoms with E-state index in [0.717, 1.165) is 25.9 Å². The standard InChI is InChI=1S/C22H33N5O5/c1-22(2,3)27(21(30)31)15-7-10-25(11-8-15)14-16(28)9-12-26-19(29)6-5-17-20(26)24-18(32-4)13-23-17/h5-6,13,15-16,28H,7-12,14H2,1-4H3,(H,30,31)/t16-/m0/s1. The molecule has 0 radical (unpaired) electrons. The van der Waals surface area contributed by atoms with Gasteiger partial charge in [-0.25, -0.2) is 9.78 Å². The average molecular weight is 448 g/mol. The number of aromatic nitrogens is 3. The van der Waals surface area contributed by atoms with Crippen LogP contribution in [0.5, 0.6) is 5.88 Å². The zero-order valence-corrected chi connectivity index (χ0v) is 19.2. The summed E-state index contributed by atoms with van der Waals surface area (Å²) in [6.07, 6.45) is 1.84. The van der Waals surface area contributed by atoms with E-state index in [-0.39, 0.29) is 11.6 Å². The van der Waals surface area contributed by atoms with Gasteiger partial charge in [-0.1, -0.05) is 0 Å². The number of likely N-dealkylation sites (tertiary alicyclic amines) is 1. The Labute approximate surface area is 187 Å². The molecule has 2 aromatic heterocycles. The minimum atomic E-state index is -0.892. The summed E-state index contributed by atoms with van der Waals surface area (Å²) in [4.78, 5) is 36.4. The summed E-state index contributed by atoms with van der Waals surface area (Å²) in [7, 11) is 1.49. The van der Waals surface area contributed by atoms with Gasteiger partial charge in [0, 0.05) is 43.8 Å². The van der Waals surface area contributed by atoms with E-state index in [1.807, 2.05) is 20.8 Å². The Morgan fingerprint density at radius 1 is 1.31 bits per heavy atom. The fourth-order valence-electron chi connectivity index (χ4n) is 4.37. The molecule has 10 heteroatoms. The van der Waals surface area contributed by atoms with E-state index in [1.165, 1.54) is 23.9 Å². The molecule has 1 atom stereocenters. The molecule has 176 valence electrons. The van der Waals surface area contributed by atoms with Crippen LogP contribution >= 0.6 is 0 Å². The van der Waals surface area contributed by atoms with Gasteiger partial charge < -0.3 is 24.7 Å². The number of amides is 1. The number of β-amino-alcohol motifs (C(OH)–C–C–N with tert-alkyl or cyclic N) is 1. The van der Waals surface area contributed by atoms with Crippen LogP contribution in [0.1, 0.15) is 40.0 Å². The smallest absolute Gasteiger partial charge is 0.407 e. The maximum absolute atomic E-state index is 12.4. The van der Waals surface area contributed by atoms with Crippen molar-refractivity contribution < 1.29 is 19.7 Å². The van der Waals surface area contributed by atoms with Crippen LogP contribution in [0.2, 0.25) is 0 Å². The Bertz CT molecular complexity index is 994. The number of methoxy groups -OCH3 is 1. The first-order chi connectivity index (χ1) is 15.1. The number of ether oxygens (including phenoxy) is 1. The largest absolute Gasteiger partial charge is 0.480 e. The molecule has 0 spiro atoms. The highest BCUT2D eigenvalue weighted by Crippen LogP contribution is 2.25. The van der Waals surface area contributed by atoms with Crippen molar-refractivity contribution in [2.24, 2.45) is 0 Å². The van der Waals surface area contributed by atoms with Crippen LogP contribution in [0.25, 0.3) is 11.2 Å². The van der Waals surface area contributed by atoms with Crippen LogP contribution in [-0.2, 0) is 6.54 Å². The number of pyridine rings is 1. The number of hydrogen-bond donors (Lipinski definition) is 2. The lowest BCUT2D eigenvalue weighted by atomic mass is 9.96. The molecule has 1 fully saturated rings. The first kappa shape index (κ1) is 23.9. The molecule has 2 aromatic rings.